The van der Waals surface area contributed by atoms with Gasteiger partial charge in [0.25, 0.3) is 5.91 Å². The summed E-state index contributed by atoms with van der Waals surface area (Å²) in [6.45, 7) is 2.13. The number of para-hydroxylation sites is 2. The summed E-state index contributed by atoms with van der Waals surface area (Å²) >= 11 is 11.0. The zero-order valence-electron chi connectivity index (χ0n) is 15.8. The van der Waals surface area contributed by atoms with Crippen LogP contribution >= 0.6 is 23.8 Å². The molecule has 4 aromatic rings. The van der Waals surface area contributed by atoms with Gasteiger partial charge in [-0.2, -0.15) is 0 Å². The Balaban J connectivity index is 1.37. The molecule has 11 heteroatoms. The number of amides is 1. The minimum absolute atomic E-state index is 0.188. The van der Waals surface area contributed by atoms with Crippen molar-refractivity contribution in [1.82, 2.24) is 35.8 Å². The molecular formula is C19H17ClN8OS. The minimum atomic E-state index is -0.455. The number of aromatic nitrogens is 5. The maximum absolute atomic E-state index is 12.5. The van der Waals surface area contributed by atoms with Gasteiger partial charge in [-0.15, -0.1) is 5.10 Å². The highest BCUT2D eigenvalue weighted by molar-refractivity contribution is 7.80. The Morgan fingerprint density at radius 1 is 1.17 bits per heavy atom. The lowest BCUT2D eigenvalue weighted by Gasteiger charge is -2.11. The highest BCUT2D eigenvalue weighted by atomic mass is 35.5. The van der Waals surface area contributed by atoms with Crippen LogP contribution in [-0.4, -0.2) is 36.0 Å². The zero-order chi connectivity index (χ0) is 21.1. The number of hydrazine groups is 1. The van der Waals surface area contributed by atoms with E-state index in [0.717, 1.165) is 22.5 Å². The van der Waals surface area contributed by atoms with E-state index >= 15 is 0 Å². The molecule has 1 amide bonds. The monoisotopic (exact) mass is 440 g/mol. The molecule has 0 unspecified atom stereocenters. The number of nitrogens with zero attached hydrogens (tertiary/aromatic N) is 4. The van der Waals surface area contributed by atoms with Crippen molar-refractivity contribution < 1.29 is 4.79 Å². The number of H-pyrrole nitrogens is 1. The SMILES string of the molecule is Cc1c(C(=O)NNC(=S)Nc2ccc(Cl)cc2)nnn1Cc1nc2ccccc2[nH]1. The molecule has 0 fully saturated rings. The number of fused-ring (bicyclic) bond motifs is 1. The third kappa shape index (κ3) is 4.39. The van der Waals surface area contributed by atoms with Crippen LogP contribution in [0.5, 0.6) is 0 Å². The molecule has 4 N–H and O–H groups in total. The summed E-state index contributed by atoms with van der Waals surface area (Å²) in [7, 11) is 0. The molecule has 2 heterocycles. The van der Waals surface area contributed by atoms with Gasteiger partial charge < -0.3 is 10.3 Å². The molecule has 2 aromatic heterocycles. The largest absolute Gasteiger partial charge is 0.340 e. The van der Waals surface area contributed by atoms with E-state index < -0.39 is 5.91 Å². The number of anilines is 1. The highest BCUT2D eigenvalue weighted by Gasteiger charge is 2.17. The molecule has 0 aliphatic carbocycles. The summed E-state index contributed by atoms with van der Waals surface area (Å²) < 4.78 is 1.61. The number of halogens is 1. The first-order chi connectivity index (χ1) is 14.5. The maximum atomic E-state index is 12.5. The highest BCUT2D eigenvalue weighted by Crippen LogP contribution is 2.14. The second-order valence-corrected chi connectivity index (χ2v) is 7.27. The van der Waals surface area contributed by atoms with Gasteiger partial charge in [-0.25, -0.2) is 9.67 Å². The van der Waals surface area contributed by atoms with Crippen molar-refractivity contribution in [3.05, 3.63) is 70.8 Å². The van der Waals surface area contributed by atoms with Crippen LogP contribution in [0.2, 0.25) is 5.02 Å². The fourth-order valence-corrected chi connectivity index (χ4v) is 3.11. The van der Waals surface area contributed by atoms with Crippen LogP contribution < -0.4 is 16.2 Å². The van der Waals surface area contributed by atoms with E-state index in [9.17, 15) is 4.79 Å². The van der Waals surface area contributed by atoms with Crippen LogP contribution in [0.15, 0.2) is 48.5 Å². The molecule has 30 heavy (non-hydrogen) atoms. The van der Waals surface area contributed by atoms with Crippen molar-refractivity contribution in [2.45, 2.75) is 13.5 Å². The standard InChI is InChI=1S/C19H17ClN8OS/c1-11-17(18(29)25-26-19(30)21-13-8-6-12(20)7-9-13)24-27-28(11)10-16-22-14-4-2-3-5-15(14)23-16/h2-9H,10H2,1H3,(H,22,23)(H,25,29)(H2,21,26,30). The van der Waals surface area contributed by atoms with Gasteiger partial charge in [-0.1, -0.05) is 28.9 Å². The van der Waals surface area contributed by atoms with Gasteiger partial charge in [-0.05, 0) is 55.5 Å². The maximum Gasteiger partial charge on any atom is 0.292 e. The molecule has 0 bridgehead atoms. The molecule has 9 nitrogen and oxygen atoms in total. The predicted octanol–water partition coefficient (Wildman–Crippen LogP) is 2.80. The van der Waals surface area contributed by atoms with Crippen LogP contribution in [0, 0.1) is 6.92 Å². The van der Waals surface area contributed by atoms with Crippen LogP contribution in [0.1, 0.15) is 22.0 Å². The number of aromatic amines is 1. The van der Waals surface area contributed by atoms with Gasteiger partial charge in [-0.3, -0.25) is 15.6 Å². The van der Waals surface area contributed by atoms with E-state index in [-0.39, 0.29) is 10.8 Å². The van der Waals surface area contributed by atoms with Gasteiger partial charge in [0.05, 0.1) is 16.7 Å². The number of hydrogen-bond donors (Lipinski definition) is 4. The van der Waals surface area contributed by atoms with Crippen molar-refractivity contribution in [1.29, 1.82) is 0 Å². The third-order valence-corrected chi connectivity index (χ3v) is 4.78. The molecule has 0 radical (unpaired) electrons. The number of thiocarbonyl (C=S) groups is 1. The smallest absolute Gasteiger partial charge is 0.292 e. The molecule has 0 aliphatic rings. The van der Waals surface area contributed by atoms with Gasteiger partial charge >= 0.3 is 0 Å². The van der Waals surface area contributed by atoms with Crippen LogP contribution in [0.4, 0.5) is 5.69 Å². The van der Waals surface area contributed by atoms with Crippen LogP contribution in [-0.2, 0) is 6.54 Å². The molecule has 152 valence electrons. The zero-order valence-corrected chi connectivity index (χ0v) is 17.4. The minimum Gasteiger partial charge on any atom is -0.340 e. The number of benzene rings is 2. The summed E-state index contributed by atoms with van der Waals surface area (Å²) in [4.78, 5) is 20.2. The Morgan fingerprint density at radius 3 is 2.70 bits per heavy atom. The fraction of sp³-hybridized carbons (Fsp3) is 0.105. The molecule has 0 aliphatic heterocycles. The number of carbonyl (C=O) groups excluding carboxylic acids is 1. The van der Waals surface area contributed by atoms with E-state index in [1.165, 1.54) is 0 Å². The van der Waals surface area contributed by atoms with E-state index in [2.05, 4.69) is 36.4 Å². The molecular weight excluding hydrogens is 424 g/mol. The third-order valence-electron chi connectivity index (χ3n) is 4.33. The van der Waals surface area contributed by atoms with Gasteiger partial charge in [0, 0.05) is 10.7 Å². The van der Waals surface area contributed by atoms with E-state index in [0.29, 0.717) is 17.3 Å². The van der Waals surface area contributed by atoms with E-state index in [4.69, 9.17) is 23.8 Å². The van der Waals surface area contributed by atoms with Crippen molar-refractivity contribution in [2.75, 3.05) is 5.32 Å². The number of carbonyl (C=O) groups is 1. The Hall–Kier alpha value is -3.50. The molecule has 0 spiro atoms. The number of hydrogen-bond acceptors (Lipinski definition) is 5. The summed E-state index contributed by atoms with van der Waals surface area (Å²) in [6.07, 6.45) is 0. The average Bonchev–Trinajstić information content (AvgIpc) is 3.31. The van der Waals surface area contributed by atoms with Gasteiger partial charge in [0.2, 0.25) is 0 Å². The second kappa shape index (κ2) is 8.47. The Morgan fingerprint density at radius 2 is 1.93 bits per heavy atom. The first-order valence-electron chi connectivity index (χ1n) is 8.96. The predicted molar refractivity (Wildman–Crippen MR) is 118 cm³/mol. The molecule has 0 saturated heterocycles. The average molecular weight is 441 g/mol. The summed E-state index contributed by atoms with van der Waals surface area (Å²) in [5.74, 6) is 0.270. The molecule has 0 atom stereocenters. The molecule has 4 rings (SSSR count). The quantitative estimate of drug-likeness (QED) is 0.285. The van der Waals surface area contributed by atoms with Crippen molar-refractivity contribution in [3.8, 4) is 0 Å². The van der Waals surface area contributed by atoms with Crippen LogP contribution in [0.3, 0.4) is 0 Å². The van der Waals surface area contributed by atoms with Crippen molar-refractivity contribution in [2.24, 2.45) is 0 Å². The Labute approximate surface area is 181 Å². The normalized spacial score (nSPS) is 10.7. The topological polar surface area (TPSA) is 113 Å². The van der Waals surface area contributed by atoms with Crippen molar-refractivity contribution >= 4 is 51.6 Å². The van der Waals surface area contributed by atoms with Gasteiger partial charge in [0.15, 0.2) is 10.8 Å². The summed E-state index contributed by atoms with van der Waals surface area (Å²) in [6, 6.07) is 14.7. The molecule has 0 saturated carbocycles. The lowest BCUT2D eigenvalue weighted by Crippen LogP contribution is -2.44. The van der Waals surface area contributed by atoms with Crippen LogP contribution in [0.25, 0.3) is 11.0 Å². The fourth-order valence-electron chi connectivity index (χ4n) is 2.81. The Bertz CT molecular complexity index is 1180. The van der Waals surface area contributed by atoms with Gasteiger partial charge in [0.1, 0.15) is 12.4 Å². The number of rotatable bonds is 4. The Kier molecular flexibility index (Phi) is 5.59. The first-order valence-corrected chi connectivity index (χ1v) is 9.75. The molecule has 2 aromatic carbocycles. The summed E-state index contributed by atoms with van der Waals surface area (Å²) in [5.41, 5.74) is 8.49. The summed E-state index contributed by atoms with van der Waals surface area (Å²) in [5, 5.41) is 11.8. The van der Waals surface area contributed by atoms with E-state index in [1.54, 1.807) is 35.9 Å². The lowest BCUT2D eigenvalue weighted by molar-refractivity contribution is 0.0938. The number of imidazole rings is 1. The van der Waals surface area contributed by atoms with Crippen molar-refractivity contribution in [3.63, 3.8) is 0 Å². The van der Waals surface area contributed by atoms with E-state index in [1.807, 2.05) is 24.3 Å². The number of nitrogens with one attached hydrogen (secondary N) is 4. The first kappa shape index (κ1) is 19.8. The lowest BCUT2D eigenvalue weighted by atomic mass is 10.3. The second-order valence-electron chi connectivity index (χ2n) is 6.42.